The third-order valence-corrected chi connectivity index (χ3v) is 6.46. The number of halogens is 1. The predicted octanol–water partition coefficient (Wildman–Crippen LogP) is 3.08. The van der Waals surface area contributed by atoms with Crippen LogP contribution in [0.3, 0.4) is 0 Å². The summed E-state index contributed by atoms with van der Waals surface area (Å²) in [6, 6.07) is 10.3. The number of anilines is 1. The fourth-order valence-corrected chi connectivity index (χ4v) is 4.95. The molecule has 2 aliphatic heterocycles. The molecule has 0 aromatic heterocycles. The Bertz CT molecular complexity index is 1080. The molecule has 0 unspecified atom stereocenters. The first-order valence-corrected chi connectivity index (χ1v) is 10.6. The zero-order chi connectivity index (χ0) is 19.9. The standard InChI is InChI=1S/C20H20FN3O3S/c1-13-12-14(21)9-10-16(13)22-20(25)17-7-4-5-11-24(17)19-15-6-2-3-8-18(15)28(26,27)23-19/h2-3,6,8-10,12,17H,4-5,7,11H2,1H3,(H,22,25)/t17-/m1/s1. The van der Waals surface area contributed by atoms with Crippen LogP contribution < -0.4 is 5.32 Å². The van der Waals surface area contributed by atoms with Crippen molar-refractivity contribution in [2.45, 2.75) is 37.1 Å². The number of carbonyl (C=O) groups is 1. The zero-order valence-corrected chi connectivity index (χ0v) is 16.2. The van der Waals surface area contributed by atoms with E-state index in [0.717, 1.165) is 12.8 Å². The van der Waals surface area contributed by atoms with Crippen molar-refractivity contribution >= 4 is 27.5 Å². The number of hydrogen-bond acceptors (Lipinski definition) is 4. The topological polar surface area (TPSA) is 78.8 Å². The number of amides is 1. The molecule has 2 heterocycles. The van der Waals surface area contributed by atoms with Gasteiger partial charge in [-0.25, -0.2) is 4.39 Å². The van der Waals surface area contributed by atoms with Gasteiger partial charge in [0.05, 0.1) is 0 Å². The van der Waals surface area contributed by atoms with Crippen molar-refractivity contribution in [3.8, 4) is 0 Å². The molecule has 2 aromatic carbocycles. The maximum atomic E-state index is 13.3. The number of benzene rings is 2. The summed E-state index contributed by atoms with van der Waals surface area (Å²) in [5.41, 5.74) is 1.69. The Morgan fingerprint density at radius 1 is 1.21 bits per heavy atom. The quantitative estimate of drug-likeness (QED) is 0.839. The molecule has 0 radical (unpaired) electrons. The normalized spacial score (nSPS) is 20.4. The average molecular weight is 401 g/mol. The van der Waals surface area contributed by atoms with Gasteiger partial charge in [-0.05, 0) is 62.1 Å². The lowest BCUT2D eigenvalue weighted by Crippen LogP contribution is -2.50. The number of likely N-dealkylation sites (tertiary alicyclic amines) is 1. The maximum absolute atomic E-state index is 13.3. The number of sulfonamides is 1. The Hall–Kier alpha value is -2.74. The predicted molar refractivity (Wildman–Crippen MR) is 104 cm³/mol. The number of rotatable bonds is 2. The van der Waals surface area contributed by atoms with Crippen molar-refractivity contribution in [1.82, 2.24) is 4.90 Å². The van der Waals surface area contributed by atoms with E-state index in [9.17, 15) is 17.6 Å². The summed E-state index contributed by atoms with van der Waals surface area (Å²) in [5, 5.41) is 2.85. The summed E-state index contributed by atoms with van der Waals surface area (Å²) in [7, 11) is -3.75. The summed E-state index contributed by atoms with van der Waals surface area (Å²) >= 11 is 0. The highest BCUT2D eigenvalue weighted by Gasteiger charge is 2.38. The number of hydrogen-bond donors (Lipinski definition) is 1. The van der Waals surface area contributed by atoms with E-state index in [0.29, 0.717) is 35.6 Å². The van der Waals surface area contributed by atoms with Crippen LogP contribution in [0.1, 0.15) is 30.4 Å². The second kappa shape index (κ2) is 7.01. The number of nitrogens with one attached hydrogen (secondary N) is 1. The third kappa shape index (κ3) is 3.28. The second-order valence-electron chi connectivity index (χ2n) is 7.04. The number of amidine groups is 1. The molecule has 2 aromatic rings. The fourth-order valence-electron chi connectivity index (χ4n) is 3.74. The van der Waals surface area contributed by atoms with Gasteiger partial charge < -0.3 is 10.2 Å². The Balaban J connectivity index is 1.65. The van der Waals surface area contributed by atoms with Crippen LogP contribution >= 0.6 is 0 Å². The van der Waals surface area contributed by atoms with Crippen molar-refractivity contribution in [2.24, 2.45) is 4.40 Å². The van der Waals surface area contributed by atoms with E-state index in [4.69, 9.17) is 0 Å². The van der Waals surface area contributed by atoms with Gasteiger partial charge in [0.15, 0.2) is 5.84 Å². The molecule has 2 aliphatic rings. The molecular formula is C20H20FN3O3S. The van der Waals surface area contributed by atoms with Crippen LogP contribution in [0.5, 0.6) is 0 Å². The minimum atomic E-state index is -3.75. The van der Waals surface area contributed by atoms with Gasteiger partial charge in [0.25, 0.3) is 10.0 Å². The van der Waals surface area contributed by atoms with Crippen LogP contribution in [-0.2, 0) is 14.8 Å². The van der Waals surface area contributed by atoms with Crippen LogP contribution in [0.25, 0.3) is 0 Å². The van der Waals surface area contributed by atoms with Crippen molar-refractivity contribution in [2.75, 3.05) is 11.9 Å². The van der Waals surface area contributed by atoms with Gasteiger partial charge in [-0.1, -0.05) is 12.1 Å². The lowest BCUT2D eigenvalue weighted by Gasteiger charge is -2.36. The molecule has 28 heavy (non-hydrogen) atoms. The van der Waals surface area contributed by atoms with Crippen molar-refractivity contribution in [3.05, 3.63) is 59.4 Å². The Kier molecular flexibility index (Phi) is 4.66. The zero-order valence-electron chi connectivity index (χ0n) is 15.4. The van der Waals surface area contributed by atoms with Gasteiger partial charge in [0.2, 0.25) is 5.91 Å². The first kappa shape index (κ1) is 18.6. The van der Waals surface area contributed by atoms with Crippen LogP contribution in [-0.4, -0.2) is 37.6 Å². The minimum absolute atomic E-state index is 0.170. The average Bonchev–Trinajstić information content (AvgIpc) is 2.95. The molecular weight excluding hydrogens is 381 g/mol. The maximum Gasteiger partial charge on any atom is 0.285 e. The van der Waals surface area contributed by atoms with Gasteiger partial charge >= 0.3 is 0 Å². The molecule has 6 nitrogen and oxygen atoms in total. The van der Waals surface area contributed by atoms with E-state index in [1.54, 1.807) is 30.0 Å². The van der Waals surface area contributed by atoms with Crippen LogP contribution in [0.2, 0.25) is 0 Å². The minimum Gasteiger partial charge on any atom is -0.343 e. The van der Waals surface area contributed by atoms with Crippen molar-refractivity contribution in [1.29, 1.82) is 0 Å². The fraction of sp³-hybridized carbons (Fsp3) is 0.300. The number of carbonyl (C=O) groups excluding carboxylic acids is 1. The molecule has 146 valence electrons. The summed E-state index contributed by atoms with van der Waals surface area (Å²) in [4.78, 5) is 14.9. The number of piperidine rings is 1. The summed E-state index contributed by atoms with van der Waals surface area (Å²) in [5.74, 6) is -0.290. The summed E-state index contributed by atoms with van der Waals surface area (Å²) in [6.45, 7) is 2.27. The summed E-state index contributed by atoms with van der Waals surface area (Å²) in [6.07, 6.45) is 2.30. The Morgan fingerprint density at radius 2 is 2.00 bits per heavy atom. The van der Waals surface area contributed by atoms with Gasteiger partial charge in [-0.2, -0.15) is 8.42 Å². The molecule has 4 rings (SSSR count). The molecule has 0 aliphatic carbocycles. The number of fused-ring (bicyclic) bond motifs is 1. The SMILES string of the molecule is Cc1cc(F)ccc1NC(=O)[C@H]1CCCCN1C1=NS(=O)(=O)c2ccccc21. The molecule has 1 N–H and O–H groups in total. The van der Waals surface area contributed by atoms with Gasteiger partial charge in [0, 0.05) is 17.8 Å². The molecule has 1 saturated heterocycles. The summed E-state index contributed by atoms with van der Waals surface area (Å²) < 4.78 is 42.1. The van der Waals surface area contributed by atoms with E-state index < -0.39 is 16.1 Å². The smallest absolute Gasteiger partial charge is 0.285 e. The van der Waals surface area contributed by atoms with E-state index in [-0.39, 0.29) is 16.6 Å². The molecule has 0 bridgehead atoms. The van der Waals surface area contributed by atoms with Crippen LogP contribution in [0.15, 0.2) is 51.8 Å². The van der Waals surface area contributed by atoms with Gasteiger partial charge in [-0.3, -0.25) is 4.79 Å². The molecule has 1 amide bonds. The highest BCUT2D eigenvalue weighted by Crippen LogP contribution is 2.31. The molecule has 1 atom stereocenters. The highest BCUT2D eigenvalue weighted by atomic mass is 32.2. The number of nitrogens with zero attached hydrogens (tertiary/aromatic N) is 2. The molecule has 0 saturated carbocycles. The van der Waals surface area contributed by atoms with E-state index in [1.165, 1.54) is 24.3 Å². The Morgan fingerprint density at radius 3 is 2.79 bits per heavy atom. The first-order chi connectivity index (χ1) is 13.4. The Labute approximate surface area is 163 Å². The largest absolute Gasteiger partial charge is 0.343 e. The van der Waals surface area contributed by atoms with Crippen molar-refractivity contribution in [3.63, 3.8) is 0 Å². The lowest BCUT2D eigenvalue weighted by molar-refractivity contribution is -0.120. The highest BCUT2D eigenvalue weighted by molar-refractivity contribution is 7.90. The van der Waals surface area contributed by atoms with Crippen LogP contribution in [0, 0.1) is 12.7 Å². The molecule has 8 heteroatoms. The van der Waals surface area contributed by atoms with E-state index in [2.05, 4.69) is 9.71 Å². The third-order valence-electron chi connectivity index (χ3n) is 5.14. The van der Waals surface area contributed by atoms with Crippen LogP contribution in [0.4, 0.5) is 10.1 Å². The second-order valence-corrected chi connectivity index (χ2v) is 8.61. The van der Waals surface area contributed by atoms with Crippen molar-refractivity contribution < 1.29 is 17.6 Å². The first-order valence-electron chi connectivity index (χ1n) is 9.15. The van der Waals surface area contributed by atoms with E-state index in [1.807, 2.05) is 0 Å². The monoisotopic (exact) mass is 401 g/mol. The van der Waals surface area contributed by atoms with E-state index >= 15 is 0 Å². The van der Waals surface area contributed by atoms with Gasteiger partial charge in [0.1, 0.15) is 16.8 Å². The molecule has 0 spiro atoms. The molecule has 1 fully saturated rings. The number of aryl methyl sites for hydroxylation is 1. The lowest BCUT2D eigenvalue weighted by atomic mass is 9.99. The van der Waals surface area contributed by atoms with Gasteiger partial charge in [-0.15, -0.1) is 4.40 Å².